The molecule has 4 atom stereocenters. The quantitative estimate of drug-likeness (QED) is 0.537. The zero-order chi connectivity index (χ0) is 20.8. The first-order valence-corrected chi connectivity index (χ1v) is 11.5. The minimum Gasteiger partial charge on any atom is -0.491 e. The molecule has 4 unspecified atom stereocenters. The predicted octanol–water partition coefficient (Wildman–Crippen LogP) is 5.36. The molecule has 1 N–H and O–H groups in total. The number of aliphatic hydroxyl groups excluding tert-OH is 1. The van der Waals surface area contributed by atoms with E-state index in [2.05, 4.69) is 30.4 Å². The lowest BCUT2D eigenvalue weighted by Gasteiger charge is -2.29. The van der Waals surface area contributed by atoms with Crippen molar-refractivity contribution in [2.45, 2.75) is 44.5 Å². The van der Waals surface area contributed by atoms with E-state index >= 15 is 0 Å². The van der Waals surface area contributed by atoms with Crippen LogP contribution in [0.25, 0.3) is 5.57 Å². The molecule has 2 aliphatic rings. The second kappa shape index (κ2) is 10.4. The molecular formula is C24H28O3S2. The third kappa shape index (κ3) is 5.91. The van der Waals surface area contributed by atoms with E-state index in [1.807, 2.05) is 38.1 Å². The first-order chi connectivity index (χ1) is 14.0. The fourth-order valence-corrected chi connectivity index (χ4v) is 4.95. The second-order valence-electron chi connectivity index (χ2n) is 7.60. The van der Waals surface area contributed by atoms with Gasteiger partial charge in [-0.25, -0.2) is 0 Å². The molecule has 0 saturated heterocycles. The maximum atomic E-state index is 11.9. The number of hydrogen-bond donors (Lipinski definition) is 1. The Balaban J connectivity index is 1.54. The maximum Gasteiger partial charge on any atom is 0.135 e. The Morgan fingerprint density at radius 1 is 1.28 bits per heavy atom. The summed E-state index contributed by atoms with van der Waals surface area (Å²) >= 11 is 7.32. The van der Waals surface area contributed by atoms with E-state index in [1.165, 1.54) is 0 Å². The summed E-state index contributed by atoms with van der Waals surface area (Å²) in [4.78, 5) is 11.9. The Morgan fingerprint density at radius 3 is 2.76 bits per heavy atom. The molecule has 5 heteroatoms. The molecule has 1 heterocycles. The van der Waals surface area contributed by atoms with Crippen LogP contribution in [0.3, 0.4) is 0 Å². The Kier molecular flexibility index (Phi) is 7.87. The number of benzene rings is 1. The number of rotatable bonds is 9. The van der Waals surface area contributed by atoms with Gasteiger partial charge in [-0.1, -0.05) is 68.5 Å². The molecule has 1 aliphatic heterocycles. The van der Waals surface area contributed by atoms with Gasteiger partial charge in [0.25, 0.3) is 0 Å². The van der Waals surface area contributed by atoms with Crippen molar-refractivity contribution in [2.75, 3.05) is 6.61 Å². The lowest BCUT2D eigenvalue weighted by Crippen LogP contribution is -2.23. The lowest BCUT2D eigenvalue weighted by atomic mass is 9.94. The largest absolute Gasteiger partial charge is 0.491 e. The van der Waals surface area contributed by atoms with Crippen LogP contribution in [0.5, 0.6) is 0 Å². The van der Waals surface area contributed by atoms with E-state index in [0.29, 0.717) is 12.8 Å². The van der Waals surface area contributed by atoms with Gasteiger partial charge in [-0.05, 0) is 30.6 Å². The number of thiocarbonyl (C=S) groups is 1. The highest BCUT2D eigenvalue weighted by Crippen LogP contribution is 2.40. The molecule has 3 rings (SSSR count). The number of aliphatic hydroxyl groups is 1. The van der Waals surface area contributed by atoms with Crippen molar-refractivity contribution in [3.63, 3.8) is 0 Å². The topological polar surface area (TPSA) is 46.5 Å². The summed E-state index contributed by atoms with van der Waals surface area (Å²) in [5.41, 5.74) is 2.27. The van der Waals surface area contributed by atoms with Crippen LogP contribution in [-0.4, -0.2) is 33.0 Å². The summed E-state index contributed by atoms with van der Waals surface area (Å²) in [7, 11) is 0. The van der Waals surface area contributed by atoms with E-state index in [1.54, 1.807) is 11.8 Å². The molecule has 0 spiro atoms. The molecule has 29 heavy (non-hydrogen) atoms. The van der Waals surface area contributed by atoms with Gasteiger partial charge in [-0.2, -0.15) is 0 Å². The number of hydrogen-bond acceptors (Lipinski definition) is 5. The summed E-state index contributed by atoms with van der Waals surface area (Å²) in [6.45, 7) is 4.13. The Labute approximate surface area is 182 Å². The van der Waals surface area contributed by atoms with E-state index in [4.69, 9.17) is 17.0 Å². The first kappa shape index (κ1) is 22.0. The van der Waals surface area contributed by atoms with Crippen molar-refractivity contribution in [1.82, 2.24) is 0 Å². The van der Waals surface area contributed by atoms with Crippen molar-refractivity contribution in [2.24, 2.45) is 11.8 Å². The van der Waals surface area contributed by atoms with E-state index in [0.717, 1.165) is 27.5 Å². The minimum absolute atomic E-state index is 0.0602. The fourth-order valence-electron chi connectivity index (χ4n) is 3.34. The summed E-state index contributed by atoms with van der Waals surface area (Å²) in [5, 5.41) is 10.4. The number of allylic oxidation sites excluding steroid dienone is 3. The van der Waals surface area contributed by atoms with Crippen LogP contribution in [-0.2, 0) is 9.53 Å². The normalized spacial score (nSPS) is 22.9. The molecular weight excluding hydrogens is 400 g/mol. The Bertz CT molecular complexity index is 826. The van der Waals surface area contributed by atoms with Crippen molar-refractivity contribution >= 4 is 39.5 Å². The van der Waals surface area contributed by atoms with Gasteiger partial charge in [0, 0.05) is 29.1 Å². The van der Waals surface area contributed by atoms with Gasteiger partial charge in [0.15, 0.2) is 0 Å². The molecule has 0 amide bonds. The second-order valence-corrected chi connectivity index (χ2v) is 9.46. The average molecular weight is 429 g/mol. The van der Waals surface area contributed by atoms with Gasteiger partial charge >= 0.3 is 0 Å². The number of ether oxygens (including phenoxy) is 1. The fraction of sp³-hybridized carbons (Fsp3) is 0.417. The SMILES string of the molecule is CCC(C)C(=O)CCC(O)COC1=CC2SC(=S)C(c3ccccc3)=CC2C=C1. The number of carbonyl (C=O) groups is 1. The molecule has 1 aromatic rings. The zero-order valence-electron chi connectivity index (χ0n) is 16.9. The van der Waals surface area contributed by atoms with Crippen LogP contribution in [0.1, 0.15) is 38.7 Å². The molecule has 0 radical (unpaired) electrons. The summed E-state index contributed by atoms with van der Waals surface area (Å²) in [5.74, 6) is 1.29. The minimum atomic E-state index is -0.639. The van der Waals surface area contributed by atoms with Crippen molar-refractivity contribution < 1.29 is 14.6 Å². The van der Waals surface area contributed by atoms with E-state index in [-0.39, 0.29) is 29.5 Å². The molecule has 1 aromatic carbocycles. The summed E-state index contributed by atoms with van der Waals surface area (Å²) in [6.07, 6.45) is 9.45. The summed E-state index contributed by atoms with van der Waals surface area (Å²) in [6, 6.07) is 10.2. The van der Waals surface area contributed by atoms with Crippen molar-refractivity contribution in [1.29, 1.82) is 0 Å². The van der Waals surface area contributed by atoms with Gasteiger partial charge in [0.2, 0.25) is 0 Å². The van der Waals surface area contributed by atoms with Gasteiger partial charge in [0.1, 0.15) is 18.1 Å². The number of ketones is 1. The van der Waals surface area contributed by atoms with Gasteiger partial charge < -0.3 is 9.84 Å². The first-order valence-electron chi connectivity index (χ1n) is 10.2. The highest BCUT2D eigenvalue weighted by molar-refractivity contribution is 8.25. The van der Waals surface area contributed by atoms with E-state index in [9.17, 15) is 9.90 Å². The highest BCUT2D eigenvalue weighted by Gasteiger charge is 2.29. The van der Waals surface area contributed by atoms with Crippen LogP contribution in [0.2, 0.25) is 0 Å². The lowest BCUT2D eigenvalue weighted by molar-refractivity contribution is -0.123. The molecule has 1 aliphatic carbocycles. The maximum absolute atomic E-state index is 11.9. The van der Waals surface area contributed by atoms with Gasteiger partial charge in [0.05, 0.1) is 10.3 Å². The molecule has 3 nitrogen and oxygen atoms in total. The molecule has 0 aromatic heterocycles. The summed E-state index contributed by atoms with van der Waals surface area (Å²) < 4.78 is 6.69. The third-order valence-electron chi connectivity index (χ3n) is 5.43. The average Bonchev–Trinajstić information content (AvgIpc) is 2.75. The third-order valence-corrected chi connectivity index (χ3v) is 7.09. The highest BCUT2D eigenvalue weighted by atomic mass is 32.2. The molecule has 154 valence electrons. The molecule has 0 bridgehead atoms. The number of thioether (sulfide) groups is 1. The van der Waals surface area contributed by atoms with Gasteiger partial charge in [-0.3, -0.25) is 4.79 Å². The number of fused-ring (bicyclic) bond motifs is 1. The van der Waals surface area contributed by atoms with E-state index < -0.39 is 6.10 Å². The molecule has 0 saturated carbocycles. The molecule has 0 fully saturated rings. The zero-order valence-corrected chi connectivity index (χ0v) is 18.5. The number of Topliss-reactive ketones (excluding diaryl/α,β-unsaturated/α-hetero) is 1. The Hall–Kier alpha value is -1.69. The smallest absolute Gasteiger partial charge is 0.135 e. The van der Waals surface area contributed by atoms with Crippen LogP contribution < -0.4 is 0 Å². The monoisotopic (exact) mass is 428 g/mol. The van der Waals surface area contributed by atoms with Crippen LogP contribution >= 0.6 is 24.0 Å². The number of carbonyl (C=O) groups excluding carboxylic acids is 1. The van der Waals surface area contributed by atoms with Gasteiger partial charge in [-0.15, -0.1) is 11.8 Å². The van der Waals surface area contributed by atoms with Crippen LogP contribution in [0.15, 0.2) is 60.4 Å². The standard InChI is InChI=1S/C24H28O3S2/c1-3-16(2)22(26)12-10-19(25)15-27-20-11-9-18-13-21(17-7-5-4-6-8-17)24(28)29-23(18)14-20/h4-9,11,13-14,16,18-19,23,25H,3,10,12,15H2,1-2H3. The van der Waals surface area contributed by atoms with Crippen LogP contribution in [0.4, 0.5) is 0 Å². The predicted molar refractivity (Wildman–Crippen MR) is 125 cm³/mol. The van der Waals surface area contributed by atoms with Crippen molar-refractivity contribution in [3.8, 4) is 0 Å². The van der Waals surface area contributed by atoms with Crippen LogP contribution in [0, 0.1) is 11.8 Å². The van der Waals surface area contributed by atoms with Crippen molar-refractivity contribution in [3.05, 3.63) is 66.0 Å². The Morgan fingerprint density at radius 2 is 2.03 bits per heavy atom.